The van der Waals surface area contributed by atoms with E-state index in [1.54, 1.807) is 18.2 Å². The van der Waals surface area contributed by atoms with Gasteiger partial charge in [-0.3, -0.25) is 0 Å². The first-order valence-corrected chi connectivity index (χ1v) is 6.87. The van der Waals surface area contributed by atoms with Gasteiger partial charge in [-0.1, -0.05) is 12.1 Å². The number of ether oxygens (including phenoxy) is 1. The van der Waals surface area contributed by atoms with Crippen LogP contribution in [-0.4, -0.2) is 16.8 Å². The molecule has 1 aromatic heterocycles. The molecule has 0 radical (unpaired) electrons. The molecule has 1 aromatic carbocycles. The molecule has 106 valence electrons. The number of aliphatic hydroxyl groups is 1. The van der Waals surface area contributed by atoms with Gasteiger partial charge in [0.05, 0.1) is 19.8 Å². The Bertz CT molecular complexity index is 621. The molecule has 3 nitrogen and oxygen atoms in total. The van der Waals surface area contributed by atoms with Crippen molar-refractivity contribution in [3.63, 3.8) is 0 Å². The van der Waals surface area contributed by atoms with E-state index in [2.05, 4.69) is 0 Å². The third kappa shape index (κ3) is 2.31. The van der Waals surface area contributed by atoms with E-state index in [1.165, 1.54) is 12.7 Å². The van der Waals surface area contributed by atoms with Gasteiger partial charge in [-0.2, -0.15) is 0 Å². The number of nitrogens with zero attached hydrogens (tertiary/aromatic N) is 1. The molecule has 1 atom stereocenters. The molecule has 0 amide bonds. The van der Waals surface area contributed by atoms with E-state index in [0.717, 1.165) is 24.8 Å². The van der Waals surface area contributed by atoms with E-state index >= 15 is 0 Å². The van der Waals surface area contributed by atoms with Crippen LogP contribution in [0.1, 0.15) is 35.6 Å². The van der Waals surface area contributed by atoms with Crippen molar-refractivity contribution in [2.24, 2.45) is 0 Å². The van der Waals surface area contributed by atoms with E-state index in [1.807, 2.05) is 17.0 Å². The summed E-state index contributed by atoms with van der Waals surface area (Å²) >= 11 is 0. The summed E-state index contributed by atoms with van der Waals surface area (Å²) in [6.07, 6.45) is 6.36. The zero-order valence-corrected chi connectivity index (χ0v) is 11.5. The Hall–Kier alpha value is -1.81. The van der Waals surface area contributed by atoms with E-state index in [0.29, 0.717) is 12.1 Å². The Kier molecular flexibility index (Phi) is 3.49. The van der Waals surface area contributed by atoms with Gasteiger partial charge in [0, 0.05) is 23.5 Å². The van der Waals surface area contributed by atoms with Crippen LogP contribution in [0.15, 0.2) is 30.6 Å². The highest BCUT2D eigenvalue weighted by Crippen LogP contribution is 2.30. The van der Waals surface area contributed by atoms with Crippen LogP contribution in [0.5, 0.6) is 5.75 Å². The van der Waals surface area contributed by atoms with Gasteiger partial charge in [0.25, 0.3) is 0 Å². The summed E-state index contributed by atoms with van der Waals surface area (Å²) < 4.78 is 21.1. The van der Waals surface area contributed by atoms with Crippen molar-refractivity contribution in [2.75, 3.05) is 7.11 Å². The molecular weight excluding hydrogens is 257 g/mol. The van der Waals surface area contributed by atoms with Crippen molar-refractivity contribution in [1.29, 1.82) is 0 Å². The summed E-state index contributed by atoms with van der Waals surface area (Å²) in [5.41, 5.74) is 2.75. The number of aryl methyl sites for hydroxylation is 1. The summed E-state index contributed by atoms with van der Waals surface area (Å²) in [6.45, 7) is 0.447. The summed E-state index contributed by atoms with van der Waals surface area (Å²) in [5, 5.41) is 9.97. The zero-order valence-electron chi connectivity index (χ0n) is 11.5. The Labute approximate surface area is 117 Å². The van der Waals surface area contributed by atoms with Crippen molar-refractivity contribution < 1.29 is 14.2 Å². The second-order valence-corrected chi connectivity index (χ2v) is 5.25. The molecule has 1 heterocycles. The molecule has 1 N–H and O–H groups in total. The fourth-order valence-electron chi connectivity index (χ4n) is 2.85. The number of methoxy groups -OCH3 is 1. The minimum atomic E-state index is -0.379. The van der Waals surface area contributed by atoms with Crippen molar-refractivity contribution >= 4 is 0 Å². The lowest BCUT2D eigenvalue weighted by Gasteiger charge is -2.16. The van der Waals surface area contributed by atoms with E-state index in [4.69, 9.17) is 4.74 Å². The van der Waals surface area contributed by atoms with Crippen molar-refractivity contribution in [3.05, 3.63) is 53.1 Å². The van der Waals surface area contributed by atoms with Crippen LogP contribution >= 0.6 is 0 Å². The predicted molar refractivity (Wildman–Crippen MR) is 74.4 cm³/mol. The van der Waals surface area contributed by atoms with Gasteiger partial charge in [0.1, 0.15) is 0 Å². The van der Waals surface area contributed by atoms with Crippen LogP contribution < -0.4 is 4.74 Å². The maximum absolute atomic E-state index is 14.1. The fraction of sp³-hybridized carbons (Fsp3) is 0.375. The Balaban J connectivity index is 1.89. The minimum absolute atomic E-state index is 0.263. The summed E-state index contributed by atoms with van der Waals surface area (Å²) in [7, 11) is 1.47. The van der Waals surface area contributed by atoms with Crippen LogP contribution in [-0.2, 0) is 13.0 Å². The standard InChI is InChI=1S/C16H18FNO2/c1-20-15-7-3-5-12(16(15)17)9-18-8-11-4-2-6-14(19)13(11)10-18/h3,5,7-8,10,14,19H,2,4,6,9H2,1H3. The number of rotatable bonds is 3. The van der Waals surface area contributed by atoms with Crippen molar-refractivity contribution in [2.45, 2.75) is 31.9 Å². The summed E-state index contributed by atoms with van der Waals surface area (Å²) in [6, 6.07) is 5.16. The Morgan fingerprint density at radius 1 is 1.40 bits per heavy atom. The number of aliphatic hydroxyl groups excluding tert-OH is 1. The molecule has 1 unspecified atom stereocenters. The number of aromatic nitrogens is 1. The van der Waals surface area contributed by atoms with Crippen LogP contribution in [0.2, 0.25) is 0 Å². The molecule has 0 bridgehead atoms. The fourth-order valence-corrected chi connectivity index (χ4v) is 2.85. The maximum atomic E-state index is 14.1. The number of halogens is 1. The molecule has 20 heavy (non-hydrogen) atoms. The molecule has 3 rings (SSSR count). The lowest BCUT2D eigenvalue weighted by molar-refractivity contribution is 0.157. The minimum Gasteiger partial charge on any atom is -0.494 e. The normalized spacial score (nSPS) is 17.9. The number of hydrogen-bond donors (Lipinski definition) is 1. The SMILES string of the molecule is COc1cccc(Cn2cc3c(c2)C(O)CCC3)c1F. The van der Waals surface area contributed by atoms with E-state index in [-0.39, 0.29) is 17.7 Å². The highest BCUT2D eigenvalue weighted by Gasteiger charge is 2.20. The second kappa shape index (κ2) is 5.29. The molecule has 0 fully saturated rings. The van der Waals surface area contributed by atoms with Gasteiger partial charge in [0.2, 0.25) is 0 Å². The van der Waals surface area contributed by atoms with Crippen LogP contribution in [0, 0.1) is 5.82 Å². The van der Waals surface area contributed by atoms with Gasteiger partial charge >= 0.3 is 0 Å². The molecule has 4 heteroatoms. The lowest BCUT2D eigenvalue weighted by Crippen LogP contribution is -2.05. The largest absolute Gasteiger partial charge is 0.494 e. The molecule has 0 saturated heterocycles. The third-order valence-electron chi connectivity index (χ3n) is 3.90. The first kappa shape index (κ1) is 13.2. The Morgan fingerprint density at radius 2 is 2.25 bits per heavy atom. The second-order valence-electron chi connectivity index (χ2n) is 5.25. The molecular formula is C16H18FNO2. The van der Waals surface area contributed by atoms with E-state index in [9.17, 15) is 9.50 Å². The predicted octanol–water partition coefficient (Wildman–Crippen LogP) is 3.05. The molecule has 0 aliphatic heterocycles. The lowest BCUT2D eigenvalue weighted by atomic mass is 9.93. The molecule has 0 spiro atoms. The molecule has 1 aliphatic carbocycles. The maximum Gasteiger partial charge on any atom is 0.170 e. The van der Waals surface area contributed by atoms with Crippen LogP contribution in [0.25, 0.3) is 0 Å². The topological polar surface area (TPSA) is 34.4 Å². The molecule has 0 saturated carbocycles. The van der Waals surface area contributed by atoms with Crippen molar-refractivity contribution in [1.82, 2.24) is 4.57 Å². The smallest absolute Gasteiger partial charge is 0.170 e. The highest BCUT2D eigenvalue weighted by atomic mass is 19.1. The first-order chi connectivity index (χ1) is 9.69. The van der Waals surface area contributed by atoms with Crippen LogP contribution in [0.3, 0.4) is 0 Å². The number of benzene rings is 1. The average molecular weight is 275 g/mol. The van der Waals surface area contributed by atoms with Crippen molar-refractivity contribution in [3.8, 4) is 5.75 Å². The van der Waals surface area contributed by atoms with Crippen LogP contribution in [0.4, 0.5) is 4.39 Å². The summed E-state index contributed by atoms with van der Waals surface area (Å²) in [4.78, 5) is 0. The van der Waals surface area contributed by atoms with E-state index < -0.39 is 0 Å². The van der Waals surface area contributed by atoms with Gasteiger partial charge in [-0.05, 0) is 30.9 Å². The van der Waals surface area contributed by atoms with Gasteiger partial charge in [0.15, 0.2) is 11.6 Å². The number of fused-ring (bicyclic) bond motifs is 1. The monoisotopic (exact) mass is 275 g/mol. The van der Waals surface area contributed by atoms with Gasteiger partial charge < -0.3 is 14.4 Å². The summed E-state index contributed by atoms with van der Waals surface area (Å²) in [5.74, 6) is -0.0540. The average Bonchev–Trinajstić information content (AvgIpc) is 2.85. The quantitative estimate of drug-likeness (QED) is 0.934. The molecule has 1 aliphatic rings. The zero-order chi connectivity index (χ0) is 14.1. The number of hydrogen-bond acceptors (Lipinski definition) is 2. The van der Waals surface area contributed by atoms with Gasteiger partial charge in [-0.15, -0.1) is 0 Å². The first-order valence-electron chi connectivity index (χ1n) is 6.87. The molecule has 2 aromatic rings. The highest BCUT2D eigenvalue weighted by molar-refractivity contribution is 5.33. The van der Waals surface area contributed by atoms with Gasteiger partial charge in [-0.25, -0.2) is 4.39 Å². The Morgan fingerprint density at radius 3 is 3.00 bits per heavy atom. The third-order valence-corrected chi connectivity index (χ3v) is 3.90.